The average Bonchev–Trinajstić information content (AvgIpc) is 2.85. The maximum Gasteiger partial charge on any atom is 0.295 e. The molecule has 0 aromatic heterocycles. The van der Waals surface area contributed by atoms with Gasteiger partial charge in [-0.15, -0.1) is 0 Å². The van der Waals surface area contributed by atoms with E-state index >= 15 is 0 Å². The predicted octanol–water partition coefficient (Wildman–Crippen LogP) is 5.13. The number of methoxy groups -OCH3 is 2. The van der Waals surface area contributed by atoms with Crippen LogP contribution in [0.3, 0.4) is 0 Å². The number of ether oxygens (including phenoxy) is 3. The third kappa shape index (κ3) is 5.20. The minimum atomic E-state index is -1.06. The number of para-hydroxylation sites is 2. The van der Waals surface area contributed by atoms with Crippen molar-refractivity contribution < 1.29 is 23.8 Å². The number of nitrogens with zero attached hydrogens (tertiary/aromatic N) is 1. The van der Waals surface area contributed by atoms with E-state index in [4.69, 9.17) is 14.2 Å². The molecule has 1 N–H and O–H groups in total. The van der Waals surface area contributed by atoms with Crippen LogP contribution in [0.15, 0.2) is 78.6 Å². The quantitative estimate of drug-likeness (QED) is 0.489. The summed E-state index contributed by atoms with van der Waals surface area (Å²) in [6.07, 6.45) is 1.67. The summed E-state index contributed by atoms with van der Waals surface area (Å²) in [6.45, 7) is 5.67. The van der Waals surface area contributed by atoms with Gasteiger partial charge in [0.15, 0.2) is 11.5 Å². The molecule has 0 aliphatic carbocycles. The summed E-state index contributed by atoms with van der Waals surface area (Å²) in [5.74, 6) is 0.753. The Bertz CT molecular complexity index is 1290. The van der Waals surface area contributed by atoms with Gasteiger partial charge >= 0.3 is 0 Å². The zero-order valence-electron chi connectivity index (χ0n) is 21.1. The van der Waals surface area contributed by atoms with Crippen molar-refractivity contribution in [2.24, 2.45) is 0 Å². The molecule has 0 saturated heterocycles. The van der Waals surface area contributed by atoms with Gasteiger partial charge in [0.25, 0.3) is 5.91 Å². The Balaban J connectivity index is 1.93. The molecular weight excluding hydrogens is 456 g/mol. The molecule has 1 heterocycles. The van der Waals surface area contributed by atoms with Crippen LogP contribution in [0.1, 0.15) is 37.9 Å². The van der Waals surface area contributed by atoms with Gasteiger partial charge in [-0.1, -0.05) is 42.5 Å². The molecule has 0 saturated carbocycles. The number of nitrogens with one attached hydrogen (secondary N) is 1. The largest absolute Gasteiger partial charge is 0.497 e. The van der Waals surface area contributed by atoms with Crippen molar-refractivity contribution in [1.82, 2.24) is 5.32 Å². The first kappa shape index (κ1) is 24.9. The molecule has 0 unspecified atom stereocenters. The number of benzene rings is 3. The van der Waals surface area contributed by atoms with Gasteiger partial charge in [0.2, 0.25) is 5.91 Å². The van der Waals surface area contributed by atoms with Crippen LogP contribution < -0.4 is 24.4 Å². The Morgan fingerprint density at radius 2 is 1.67 bits per heavy atom. The minimum Gasteiger partial charge on any atom is -0.497 e. The number of fused-ring (bicyclic) bond motifs is 1. The third-order valence-electron chi connectivity index (χ3n) is 5.61. The summed E-state index contributed by atoms with van der Waals surface area (Å²) < 4.78 is 17.1. The number of anilines is 1. The number of carbonyl (C=O) groups is 2. The molecule has 7 heteroatoms. The number of hydrogen-bond acceptors (Lipinski definition) is 5. The highest BCUT2D eigenvalue weighted by atomic mass is 16.5. The summed E-state index contributed by atoms with van der Waals surface area (Å²) in [6, 6.07) is 20.7. The van der Waals surface area contributed by atoms with Crippen LogP contribution in [-0.4, -0.2) is 31.6 Å². The van der Waals surface area contributed by atoms with Gasteiger partial charge in [-0.2, -0.15) is 0 Å². The second kappa shape index (κ2) is 10.2. The van der Waals surface area contributed by atoms with E-state index < -0.39 is 17.5 Å². The monoisotopic (exact) mass is 486 g/mol. The van der Waals surface area contributed by atoms with Gasteiger partial charge in [0, 0.05) is 11.1 Å². The lowest BCUT2D eigenvalue weighted by Gasteiger charge is -2.37. The van der Waals surface area contributed by atoms with Crippen LogP contribution in [0.2, 0.25) is 0 Å². The first-order valence-corrected chi connectivity index (χ1v) is 11.6. The predicted molar refractivity (Wildman–Crippen MR) is 139 cm³/mol. The van der Waals surface area contributed by atoms with Crippen molar-refractivity contribution >= 4 is 23.6 Å². The summed E-state index contributed by atoms with van der Waals surface area (Å²) >= 11 is 0. The lowest BCUT2D eigenvalue weighted by atomic mass is 9.98. The fraction of sp³-hybridized carbons (Fsp3) is 0.241. The van der Waals surface area contributed by atoms with E-state index in [1.165, 1.54) is 12.0 Å². The van der Waals surface area contributed by atoms with Gasteiger partial charge in [-0.3, -0.25) is 14.5 Å². The van der Waals surface area contributed by atoms with E-state index in [9.17, 15) is 9.59 Å². The summed E-state index contributed by atoms with van der Waals surface area (Å²) in [7, 11) is 3.07. The molecule has 4 rings (SSSR count). The van der Waals surface area contributed by atoms with Crippen molar-refractivity contribution in [2.45, 2.75) is 32.4 Å². The normalized spacial score (nSPS) is 15.1. The van der Waals surface area contributed by atoms with E-state index in [0.29, 0.717) is 28.5 Å². The van der Waals surface area contributed by atoms with Crippen LogP contribution in [0.25, 0.3) is 6.08 Å². The summed E-state index contributed by atoms with van der Waals surface area (Å²) in [5, 5.41) is 3.03. The van der Waals surface area contributed by atoms with Crippen molar-refractivity contribution in [3.05, 3.63) is 89.7 Å². The van der Waals surface area contributed by atoms with Gasteiger partial charge in [-0.25, -0.2) is 0 Å². The smallest absolute Gasteiger partial charge is 0.295 e. The lowest BCUT2D eigenvalue weighted by Crippen LogP contribution is -2.51. The Hall–Kier alpha value is -4.26. The van der Waals surface area contributed by atoms with Crippen LogP contribution in [0, 0.1) is 0 Å². The van der Waals surface area contributed by atoms with Crippen LogP contribution >= 0.6 is 0 Å². The molecule has 0 spiro atoms. The van der Waals surface area contributed by atoms with E-state index in [-0.39, 0.29) is 11.7 Å². The first-order chi connectivity index (χ1) is 17.2. The molecule has 1 aliphatic heterocycles. The minimum absolute atomic E-state index is 0.107. The highest BCUT2D eigenvalue weighted by molar-refractivity contribution is 6.13. The molecule has 2 amide bonds. The van der Waals surface area contributed by atoms with Crippen LogP contribution in [0.5, 0.6) is 17.2 Å². The van der Waals surface area contributed by atoms with Crippen LogP contribution in [0.4, 0.5) is 5.69 Å². The Labute approximate surface area is 211 Å². The van der Waals surface area contributed by atoms with E-state index in [1.807, 2.05) is 57.2 Å². The fourth-order valence-electron chi connectivity index (χ4n) is 4.07. The summed E-state index contributed by atoms with van der Waals surface area (Å²) in [5.41, 5.74) is 1.23. The summed E-state index contributed by atoms with van der Waals surface area (Å²) in [4.78, 5) is 29.4. The third-order valence-corrected chi connectivity index (χ3v) is 5.61. The molecule has 1 atom stereocenters. The highest BCUT2D eigenvalue weighted by Gasteiger charge is 2.41. The van der Waals surface area contributed by atoms with Crippen molar-refractivity contribution in [3.8, 4) is 17.2 Å². The second-order valence-corrected chi connectivity index (χ2v) is 9.41. The number of rotatable bonds is 6. The van der Waals surface area contributed by atoms with Gasteiger partial charge in [0.05, 0.1) is 19.9 Å². The number of hydrogen-bond donors (Lipinski definition) is 1. The van der Waals surface area contributed by atoms with Gasteiger partial charge < -0.3 is 19.5 Å². The van der Waals surface area contributed by atoms with Crippen molar-refractivity contribution in [2.75, 3.05) is 19.1 Å². The first-order valence-electron chi connectivity index (χ1n) is 11.6. The number of carbonyl (C=O) groups excluding carboxylic acids is 2. The molecule has 36 heavy (non-hydrogen) atoms. The van der Waals surface area contributed by atoms with Gasteiger partial charge in [0.1, 0.15) is 17.5 Å². The molecule has 7 nitrogen and oxygen atoms in total. The second-order valence-electron chi connectivity index (χ2n) is 9.41. The van der Waals surface area contributed by atoms with Crippen molar-refractivity contribution in [1.29, 1.82) is 0 Å². The van der Waals surface area contributed by atoms with Crippen LogP contribution in [-0.2, 0) is 9.59 Å². The molecular formula is C29H30N2O5. The molecule has 0 radical (unpaired) electrons. The van der Waals surface area contributed by atoms with Crippen molar-refractivity contribution in [3.63, 3.8) is 0 Å². The molecule has 3 aromatic carbocycles. The maximum absolute atomic E-state index is 14.0. The number of amides is 2. The average molecular weight is 487 g/mol. The molecule has 3 aromatic rings. The van der Waals surface area contributed by atoms with Gasteiger partial charge in [-0.05, 0) is 62.7 Å². The maximum atomic E-state index is 14.0. The lowest BCUT2D eigenvalue weighted by molar-refractivity contribution is -0.127. The Kier molecular flexibility index (Phi) is 7.01. The van der Waals surface area contributed by atoms with E-state index in [0.717, 1.165) is 5.56 Å². The highest BCUT2D eigenvalue weighted by Crippen LogP contribution is 2.43. The zero-order valence-corrected chi connectivity index (χ0v) is 21.1. The van der Waals surface area contributed by atoms with E-state index in [1.54, 1.807) is 49.6 Å². The van der Waals surface area contributed by atoms with E-state index in [2.05, 4.69) is 5.32 Å². The molecule has 0 fully saturated rings. The SMILES string of the molecule is COc1ccc(OC)c([C@@H](C(=O)NC(C)(C)C)N2C(=O)/C(=C/c3ccccc3)Oc3ccccc32)c1. The topological polar surface area (TPSA) is 77.1 Å². The molecule has 0 bridgehead atoms. The fourth-order valence-corrected chi connectivity index (χ4v) is 4.07. The Morgan fingerprint density at radius 3 is 2.33 bits per heavy atom. The zero-order chi connectivity index (χ0) is 25.9. The standard InChI is InChI=1S/C29H30N2O5/c1-29(2,3)30-27(32)26(21-18-20(34-4)15-16-23(21)35-5)31-22-13-9-10-14-24(22)36-25(28(31)33)17-19-11-7-6-8-12-19/h6-18,26H,1-5H3,(H,30,32)/b25-17-/t26-/m0/s1. The Morgan fingerprint density at radius 1 is 0.972 bits per heavy atom. The molecule has 1 aliphatic rings. The molecule has 186 valence electrons.